The van der Waals surface area contributed by atoms with E-state index in [2.05, 4.69) is 126 Å². The molecule has 0 saturated carbocycles. The summed E-state index contributed by atoms with van der Waals surface area (Å²) in [6.45, 7) is 18.2. The maximum Gasteiger partial charge on any atom is 0.340 e. The van der Waals surface area contributed by atoms with Crippen molar-refractivity contribution in [3.8, 4) is 0 Å². The highest BCUT2D eigenvalue weighted by Crippen LogP contribution is 2.48. The lowest BCUT2D eigenvalue weighted by Gasteiger charge is -2.37. The molecule has 0 bridgehead atoms. The molecule has 1 aliphatic rings. The molecule has 5 heteroatoms. The third kappa shape index (κ3) is 6.01. The van der Waals surface area contributed by atoms with Crippen LogP contribution in [0.1, 0.15) is 108 Å². The van der Waals surface area contributed by atoms with Crippen LogP contribution >= 0.6 is 0 Å². The molecule has 0 radical (unpaired) electrons. The summed E-state index contributed by atoms with van der Waals surface area (Å²) in [6, 6.07) is 25.3. The fourth-order valence-electron chi connectivity index (χ4n) is 6.54. The molecule has 5 nitrogen and oxygen atoms in total. The molecule has 0 N–H and O–H groups in total. The molecule has 4 rings (SSSR count). The number of fused-ring (bicyclic) bond motifs is 1. The number of ether oxygens (including phenoxy) is 1. The second kappa shape index (κ2) is 13.4. The average Bonchev–Trinajstić information content (AvgIpc) is 3.33. The van der Waals surface area contributed by atoms with Crippen molar-refractivity contribution in [2.45, 2.75) is 111 Å². The number of nitrogens with zero attached hydrogens (tertiary/aromatic N) is 3. The van der Waals surface area contributed by atoms with Crippen LogP contribution in [0.25, 0.3) is 0 Å². The predicted octanol–water partition coefficient (Wildman–Crippen LogP) is 9.02. The fraction of sp³-hybridized carbons (Fsp3) is 0.500. The van der Waals surface area contributed by atoms with Crippen LogP contribution in [0.4, 0.5) is 17.1 Å². The van der Waals surface area contributed by atoms with Crippen LogP contribution in [0, 0.1) is 0 Å². The summed E-state index contributed by atoms with van der Waals surface area (Å²) in [6.07, 6.45) is 4.30. The van der Waals surface area contributed by atoms with E-state index in [0.717, 1.165) is 48.1 Å². The van der Waals surface area contributed by atoms with Crippen LogP contribution in [0.2, 0.25) is 0 Å². The van der Waals surface area contributed by atoms with Crippen LogP contribution in [-0.4, -0.2) is 44.2 Å². The van der Waals surface area contributed by atoms with Gasteiger partial charge in [-0.2, -0.15) is 0 Å². The monoisotopic (exact) mass is 583 g/mol. The molecule has 4 unspecified atom stereocenters. The van der Waals surface area contributed by atoms with Crippen molar-refractivity contribution in [2.75, 3.05) is 28.8 Å². The summed E-state index contributed by atoms with van der Waals surface area (Å²) in [5, 5.41) is 0. The smallest absolute Gasteiger partial charge is 0.340 e. The van der Waals surface area contributed by atoms with Gasteiger partial charge in [0.15, 0.2) is 5.60 Å². The van der Waals surface area contributed by atoms with Crippen molar-refractivity contribution in [3.05, 3.63) is 89.0 Å². The Morgan fingerprint density at radius 2 is 0.977 bits per heavy atom. The van der Waals surface area contributed by atoms with Gasteiger partial charge >= 0.3 is 5.97 Å². The Labute approximate surface area is 260 Å². The van der Waals surface area contributed by atoms with E-state index in [1.807, 2.05) is 25.1 Å². The summed E-state index contributed by atoms with van der Waals surface area (Å²) in [5.41, 5.74) is 5.79. The zero-order chi connectivity index (χ0) is 31.5. The number of esters is 1. The van der Waals surface area contributed by atoms with Gasteiger partial charge in [-0.25, -0.2) is 4.79 Å². The molecule has 4 atom stereocenters. The number of hydrogen-bond donors (Lipinski definition) is 0. The minimum Gasteiger partial charge on any atom is -0.441 e. The first-order valence-corrected chi connectivity index (χ1v) is 16.4. The van der Waals surface area contributed by atoms with Crippen molar-refractivity contribution in [2.24, 2.45) is 0 Å². The maximum absolute atomic E-state index is 13.6. The number of carbonyl (C=O) groups excluding carboxylic acids is 1. The summed E-state index contributed by atoms with van der Waals surface area (Å²) in [5.74, 6) is -0.284. The Bertz CT molecular complexity index is 1280. The van der Waals surface area contributed by atoms with E-state index in [1.54, 1.807) is 0 Å². The molecule has 0 saturated heterocycles. The highest BCUT2D eigenvalue weighted by atomic mass is 16.6. The van der Waals surface area contributed by atoms with Gasteiger partial charge in [-0.15, -0.1) is 0 Å². The van der Waals surface area contributed by atoms with Crippen molar-refractivity contribution < 1.29 is 9.53 Å². The number of rotatable bonds is 13. The summed E-state index contributed by atoms with van der Waals surface area (Å²) in [4.78, 5) is 20.7. The molecular weight excluding hydrogens is 530 g/mol. The van der Waals surface area contributed by atoms with Crippen molar-refractivity contribution in [1.82, 2.24) is 0 Å². The Morgan fingerprint density at radius 1 is 0.605 bits per heavy atom. The standard InChI is InChI=1S/C38H53N3O2/c1-11-26(5)40(27(6)12-2)32-19-15-30(16-20-32)38(36-24-23-34(39(9)10)25-35(36)37(42)43-38)31-17-21-33(22-18-31)41(28(7)13-3)29(8)14-4/h15-29H,11-14H2,1-10H3. The topological polar surface area (TPSA) is 36.0 Å². The van der Waals surface area contributed by atoms with E-state index in [1.165, 1.54) is 11.4 Å². The van der Waals surface area contributed by atoms with Crippen molar-refractivity contribution in [3.63, 3.8) is 0 Å². The second-order valence-corrected chi connectivity index (χ2v) is 12.6. The number of anilines is 3. The van der Waals surface area contributed by atoms with Crippen LogP contribution in [0.3, 0.4) is 0 Å². The quantitative estimate of drug-likeness (QED) is 0.188. The molecule has 3 aromatic carbocycles. The van der Waals surface area contributed by atoms with E-state index in [4.69, 9.17) is 4.74 Å². The van der Waals surface area contributed by atoms with E-state index >= 15 is 0 Å². The minimum atomic E-state index is -1.02. The highest BCUT2D eigenvalue weighted by Gasteiger charge is 2.49. The van der Waals surface area contributed by atoms with Gasteiger partial charge in [0.1, 0.15) is 0 Å². The molecule has 1 aliphatic heterocycles. The summed E-state index contributed by atoms with van der Waals surface area (Å²) >= 11 is 0. The SMILES string of the molecule is CCC(C)N(c1ccc(C2(c3ccc(N(C(C)CC)C(C)CC)cc3)OC(=O)c3cc(N(C)C)ccc32)cc1)C(C)CC. The summed E-state index contributed by atoms with van der Waals surface area (Å²) in [7, 11) is 3.99. The lowest BCUT2D eigenvalue weighted by molar-refractivity contribution is 0.0251. The number of cyclic esters (lactones) is 1. The first-order valence-electron chi connectivity index (χ1n) is 16.4. The molecule has 0 amide bonds. The molecule has 232 valence electrons. The molecule has 0 spiro atoms. The molecule has 3 aromatic rings. The zero-order valence-electron chi connectivity index (χ0n) is 28.1. The third-order valence-electron chi connectivity index (χ3n) is 9.77. The van der Waals surface area contributed by atoms with Gasteiger partial charge in [-0.3, -0.25) is 0 Å². The largest absolute Gasteiger partial charge is 0.441 e. The maximum atomic E-state index is 13.6. The van der Waals surface area contributed by atoms with E-state index in [9.17, 15) is 4.79 Å². The second-order valence-electron chi connectivity index (χ2n) is 12.6. The van der Waals surface area contributed by atoms with Gasteiger partial charge in [-0.05, 0) is 89.8 Å². The van der Waals surface area contributed by atoms with Crippen LogP contribution in [0.15, 0.2) is 66.7 Å². The Balaban J connectivity index is 1.88. The van der Waals surface area contributed by atoms with Gasteiger partial charge in [0.2, 0.25) is 0 Å². The number of carbonyl (C=O) groups is 1. The minimum absolute atomic E-state index is 0.284. The lowest BCUT2D eigenvalue weighted by Crippen LogP contribution is -2.40. The van der Waals surface area contributed by atoms with Gasteiger partial charge in [0.25, 0.3) is 0 Å². The molecule has 0 fully saturated rings. The lowest BCUT2D eigenvalue weighted by atomic mass is 9.79. The first kappa shape index (κ1) is 32.4. The van der Waals surface area contributed by atoms with Gasteiger partial charge in [0.05, 0.1) is 5.56 Å². The normalized spacial score (nSPS) is 18.8. The van der Waals surface area contributed by atoms with Crippen LogP contribution < -0.4 is 14.7 Å². The Hall–Kier alpha value is -3.47. The number of benzene rings is 3. The predicted molar refractivity (Wildman–Crippen MR) is 183 cm³/mol. The molecular formula is C38H53N3O2. The molecule has 0 aromatic heterocycles. The molecule has 43 heavy (non-hydrogen) atoms. The molecule has 1 heterocycles. The van der Waals surface area contributed by atoms with E-state index < -0.39 is 5.60 Å². The van der Waals surface area contributed by atoms with Crippen molar-refractivity contribution in [1.29, 1.82) is 0 Å². The zero-order valence-corrected chi connectivity index (χ0v) is 28.1. The Kier molecular flexibility index (Phi) is 10.1. The third-order valence-corrected chi connectivity index (χ3v) is 9.77. The first-order chi connectivity index (χ1) is 20.5. The summed E-state index contributed by atoms with van der Waals surface area (Å²) < 4.78 is 6.52. The Morgan fingerprint density at radius 3 is 1.33 bits per heavy atom. The van der Waals surface area contributed by atoms with Crippen LogP contribution in [-0.2, 0) is 10.3 Å². The van der Waals surface area contributed by atoms with Crippen molar-refractivity contribution >= 4 is 23.0 Å². The van der Waals surface area contributed by atoms with Gasteiger partial charge < -0.3 is 19.4 Å². The average molecular weight is 584 g/mol. The highest BCUT2D eigenvalue weighted by molar-refractivity contribution is 5.97. The van der Waals surface area contributed by atoms with Gasteiger partial charge in [-0.1, -0.05) is 58.0 Å². The number of hydrogen-bond acceptors (Lipinski definition) is 5. The van der Waals surface area contributed by atoms with E-state index in [-0.39, 0.29) is 5.97 Å². The van der Waals surface area contributed by atoms with E-state index in [0.29, 0.717) is 29.7 Å². The fourth-order valence-corrected chi connectivity index (χ4v) is 6.54. The van der Waals surface area contributed by atoms with Gasteiger partial charge in [0, 0.05) is 72.0 Å². The molecule has 0 aliphatic carbocycles. The van der Waals surface area contributed by atoms with Crippen LogP contribution in [0.5, 0.6) is 0 Å².